The minimum atomic E-state index is -0.879. The predicted octanol–water partition coefficient (Wildman–Crippen LogP) is 0.786. The van der Waals surface area contributed by atoms with Gasteiger partial charge in [-0.1, -0.05) is 18.2 Å². The molecule has 0 aliphatic carbocycles. The van der Waals surface area contributed by atoms with E-state index in [-0.39, 0.29) is 12.9 Å². The molecule has 0 atom stereocenters. The van der Waals surface area contributed by atoms with Gasteiger partial charge in [0.1, 0.15) is 0 Å². The van der Waals surface area contributed by atoms with Crippen LogP contribution in [-0.4, -0.2) is 34.2 Å². The third-order valence-electron chi connectivity index (χ3n) is 1.02. The highest BCUT2D eigenvalue weighted by Gasteiger charge is 1.96. The largest absolute Gasteiger partial charge is 0.483 e. The second-order valence-electron chi connectivity index (χ2n) is 1.88. The monoisotopic (exact) mass is 214 g/mol. The van der Waals surface area contributed by atoms with E-state index in [1.54, 1.807) is 30.3 Å². The van der Waals surface area contributed by atoms with Crippen LogP contribution in [0.15, 0.2) is 30.3 Å². The lowest BCUT2D eigenvalue weighted by Crippen LogP contribution is -1.93. The van der Waals surface area contributed by atoms with Crippen LogP contribution in [0.2, 0.25) is 0 Å². The Hall–Kier alpha value is -2.37. The fraction of sp³-hybridized carbons (Fsp3) is 0. The quantitative estimate of drug-likeness (QED) is 0.595. The van der Waals surface area contributed by atoms with E-state index in [4.69, 9.17) is 24.9 Å². The first-order valence-electron chi connectivity index (χ1n) is 3.58. The SMILES string of the molecule is O=C(O)c1ccccc1.O=CO.O=CO. The summed E-state index contributed by atoms with van der Waals surface area (Å²) in [6.45, 7) is -0.500. The highest BCUT2D eigenvalue weighted by molar-refractivity contribution is 5.87. The van der Waals surface area contributed by atoms with Gasteiger partial charge in [0.15, 0.2) is 0 Å². The van der Waals surface area contributed by atoms with E-state index >= 15 is 0 Å². The van der Waals surface area contributed by atoms with Crippen LogP contribution in [0.25, 0.3) is 0 Å². The first kappa shape index (κ1) is 15.1. The summed E-state index contributed by atoms with van der Waals surface area (Å²) in [4.78, 5) is 26.9. The summed E-state index contributed by atoms with van der Waals surface area (Å²) in [5.41, 5.74) is 0.331. The van der Waals surface area contributed by atoms with Crippen molar-refractivity contribution in [2.24, 2.45) is 0 Å². The normalized spacial score (nSPS) is 6.93. The summed E-state index contributed by atoms with van der Waals surface area (Å²) in [6.07, 6.45) is 0. The highest BCUT2D eigenvalue weighted by atomic mass is 16.4. The van der Waals surface area contributed by atoms with Crippen molar-refractivity contribution in [2.45, 2.75) is 0 Å². The molecular formula is C9H10O6. The molecule has 6 heteroatoms. The van der Waals surface area contributed by atoms with E-state index in [9.17, 15) is 4.79 Å². The lowest BCUT2D eigenvalue weighted by atomic mass is 10.2. The molecule has 6 nitrogen and oxygen atoms in total. The average molecular weight is 214 g/mol. The fourth-order valence-corrected chi connectivity index (χ4v) is 0.581. The van der Waals surface area contributed by atoms with Crippen molar-refractivity contribution >= 4 is 18.9 Å². The molecule has 3 N–H and O–H groups in total. The molecule has 0 unspecified atom stereocenters. The van der Waals surface area contributed by atoms with Crippen molar-refractivity contribution in [2.75, 3.05) is 0 Å². The van der Waals surface area contributed by atoms with Gasteiger partial charge >= 0.3 is 5.97 Å². The van der Waals surface area contributed by atoms with Gasteiger partial charge in [-0.3, -0.25) is 9.59 Å². The summed E-state index contributed by atoms with van der Waals surface area (Å²) in [5.74, 6) is -0.879. The van der Waals surface area contributed by atoms with Gasteiger partial charge in [0, 0.05) is 0 Å². The Kier molecular flexibility index (Phi) is 11.7. The van der Waals surface area contributed by atoms with Gasteiger partial charge in [-0.05, 0) is 12.1 Å². The van der Waals surface area contributed by atoms with Gasteiger partial charge < -0.3 is 15.3 Å². The molecule has 15 heavy (non-hydrogen) atoms. The summed E-state index contributed by atoms with van der Waals surface area (Å²) in [6, 6.07) is 8.30. The van der Waals surface area contributed by atoms with Crippen LogP contribution in [0.3, 0.4) is 0 Å². The number of aromatic carboxylic acids is 1. The van der Waals surface area contributed by atoms with E-state index in [2.05, 4.69) is 0 Å². The molecule has 0 spiro atoms. The molecule has 0 amide bonds. The maximum atomic E-state index is 10.2. The van der Waals surface area contributed by atoms with Gasteiger partial charge in [-0.25, -0.2) is 4.79 Å². The number of benzene rings is 1. The van der Waals surface area contributed by atoms with Crippen LogP contribution in [0.4, 0.5) is 0 Å². The predicted molar refractivity (Wildman–Crippen MR) is 50.8 cm³/mol. The Morgan fingerprint density at radius 3 is 1.53 bits per heavy atom. The number of hydrogen-bond acceptors (Lipinski definition) is 3. The molecule has 0 aromatic heterocycles. The van der Waals surface area contributed by atoms with Crippen molar-refractivity contribution in [3.63, 3.8) is 0 Å². The molecule has 0 saturated heterocycles. The van der Waals surface area contributed by atoms with E-state index in [0.717, 1.165) is 0 Å². The Morgan fingerprint density at radius 2 is 1.33 bits per heavy atom. The lowest BCUT2D eigenvalue weighted by Gasteiger charge is -1.88. The topological polar surface area (TPSA) is 112 Å². The third kappa shape index (κ3) is 11.6. The van der Waals surface area contributed by atoms with Gasteiger partial charge in [0.05, 0.1) is 5.56 Å². The zero-order chi connectivity index (χ0) is 12.1. The molecule has 82 valence electrons. The van der Waals surface area contributed by atoms with Gasteiger partial charge in [-0.15, -0.1) is 0 Å². The number of rotatable bonds is 1. The minimum Gasteiger partial charge on any atom is -0.483 e. The first-order valence-corrected chi connectivity index (χ1v) is 3.58. The Labute approximate surface area is 85.4 Å². The number of carboxylic acids is 1. The molecule has 0 heterocycles. The molecule has 0 aliphatic rings. The number of carboxylic acid groups (broad SMARTS) is 3. The molecular weight excluding hydrogens is 204 g/mol. The number of hydrogen-bond donors (Lipinski definition) is 3. The molecule has 0 radical (unpaired) electrons. The van der Waals surface area contributed by atoms with Crippen LogP contribution >= 0.6 is 0 Å². The summed E-state index contributed by atoms with van der Waals surface area (Å²) in [5, 5.41) is 22.2. The van der Waals surface area contributed by atoms with E-state index in [1.807, 2.05) is 0 Å². The van der Waals surface area contributed by atoms with Crippen molar-refractivity contribution < 1.29 is 29.7 Å². The van der Waals surface area contributed by atoms with Crippen LogP contribution in [0, 0.1) is 0 Å². The Morgan fingerprint density at radius 1 is 1.00 bits per heavy atom. The fourth-order valence-electron chi connectivity index (χ4n) is 0.581. The highest BCUT2D eigenvalue weighted by Crippen LogP contribution is 1.96. The van der Waals surface area contributed by atoms with Crippen molar-refractivity contribution in [3.8, 4) is 0 Å². The zero-order valence-electron chi connectivity index (χ0n) is 7.61. The number of carbonyl (C=O) groups is 3. The van der Waals surface area contributed by atoms with Crippen LogP contribution < -0.4 is 0 Å². The molecule has 1 aromatic rings. The first-order chi connectivity index (χ1) is 7.13. The Balaban J connectivity index is 0. The van der Waals surface area contributed by atoms with Crippen molar-refractivity contribution in [1.29, 1.82) is 0 Å². The van der Waals surface area contributed by atoms with E-state index in [1.165, 1.54) is 0 Å². The van der Waals surface area contributed by atoms with Gasteiger partial charge in [-0.2, -0.15) is 0 Å². The van der Waals surface area contributed by atoms with E-state index in [0.29, 0.717) is 5.56 Å². The smallest absolute Gasteiger partial charge is 0.335 e. The van der Waals surface area contributed by atoms with Crippen LogP contribution in [0.5, 0.6) is 0 Å². The zero-order valence-corrected chi connectivity index (χ0v) is 7.61. The molecule has 0 fully saturated rings. The van der Waals surface area contributed by atoms with Gasteiger partial charge in [0.25, 0.3) is 12.9 Å². The molecule has 1 rings (SSSR count). The molecule has 0 bridgehead atoms. The average Bonchev–Trinajstić information content (AvgIpc) is 2.21. The standard InChI is InChI=1S/C7H6O2.2CH2O2/c8-7(9)6-4-2-1-3-5-6;2*2-1-3/h1-5H,(H,8,9);2*1H,(H,2,3). The second kappa shape index (κ2) is 11.6. The molecule has 0 aliphatic heterocycles. The molecule has 0 saturated carbocycles. The summed E-state index contributed by atoms with van der Waals surface area (Å²) < 4.78 is 0. The third-order valence-corrected chi connectivity index (χ3v) is 1.02. The molecule has 1 aromatic carbocycles. The second-order valence-corrected chi connectivity index (χ2v) is 1.88. The van der Waals surface area contributed by atoms with Gasteiger partial charge in [0.2, 0.25) is 0 Å². The maximum Gasteiger partial charge on any atom is 0.335 e. The minimum absolute atomic E-state index is 0.250. The summed E-state index contributed by atoms with van der Waals surface area (Å²) in [7, 11) is 0. The Bertz CT molecular complexity index is 276. The van der Waals surface area contributed by atoms with Crippen LogP contribution in [0.1, 0.15) is 10.4 Å². The maximum absolute atomic E-state index is 10.2. The van der Waals surface area contributed by atoms with Crippen LogP contribution in [-0.2, 0) is 9.59 Å². The van der Waals surface area contributed by atoms with E-state index < -0.39 is 5.97 Å². The lowest BCUT2D eigenvalue weighted by molar-refractivity contribution is -0.123. The summed E-state index contributed by atoms with van der Waals surface area (Å²) >= 11 is 0. The van der Waals surface area contributed by atoms with Crippen molar-refractivity contribution in [3.05, 3.63) is 35.9 Å². The van der Waals surface area contributed by atoms with Crippen molar-refractivity contribution in [1.82, 2.24) is 0 Å².